The summed E-state index contributed by atoms with van der Waals surface area (Å²) >= 11 is 0. The molecule has 0 radical (unpaired) electrons. The van der Waals surface area contributed by atoms with E-state index in [9.17, 15) is 26.4 Å². The van der Waals surface area contributed by atoms with Gasteiger partial charge in [0.25, 0.3) is 0 Å². The van der Waals surface area contributed by atoms with Gasteiger partial charge in [-0.1, -0.05) is 42.3 Å². The minimum Gasteiger partial charge on any atom is -0.460 e. The number of alkyl halides is 3. The van der Waals surface area contributed by atoms with Crippen LogP contribution in [0.4, 0.5) is 13.2 Å². The molecule has 10 heteroatoms. The van der Waals surface area contributed by atoms with Crippen molar-refractivity contribution in [3.05, 3.63) is 82.8 Å². The Morgan fingerprint density at radius 1 is 1.21 bits per heavy atom. The molecule has 0 aliphatic carbocycles. The van der Waals surface area contributed by atoms with E-state index < -0.39 is 92.4 Å². The van der Waals surface area contributed by atoms with Gasteiger partial charge in [-0.3, -0.25) is 4.79 Å². The van der Waals surface area contributed by atoms with E-state index in [0.717, 1.165) is 0 Å². The van der Waals surface area contributed by atoms with Crippen LogP contribution in [0.5, 0.6) is 0 Å². The Hall–Kier alpha value is -3.01. The second-order valence-electron chi connectivity index (χ2n) is 5.17. The van der Waals surface area contributed by atoms with Crippen LogP contribution in [-0.4, -0.2) is 14.2 Å². The van der Waals surface area contributed by atoms with Gasteiger partial charge in [0.05, 0.1) is 16.5 Å². The van der Waals surface area contributed by atoms with Crippen molar-refractivity contribution in [1.29, 1.82) is 0 Å². The highest BCUT2D eigenvalue weighted by Crippen LogP contribution is 2.35. The molecule has 1 atom stereocenters. The van der Waals surface area contributed by atoms with Gasteiger partial charge in [0.1, 0.15) is 5.70 Å². The third-order valence-electron chi connectivity index (χ3n) is 3.24. The SMILES string of the molecule is [2H]c1c([2H])c([2H])c(C([2H])([2H])S(=O)(=O)OC2=C(N)O[C@@]([2H])(c3ccc(C(F)(F)F)cc3)C2=O)c([2H])c1[2H]. The van der Waals surface area contributed by atoms with E-state index in [2.05, 4.69) is 4.18 Å². The maximum Gasteiger partial charge on any atom is 0.416 e. The van der Waals surface area contributed by atoms with Gasteiger partial charge in [0.2, 0.25) is 17.4 Å². The van der Waals surface area contributed by atoms with Crippen molar-refractivity contribution < 1.29 is 46.3 Å². The summed E-state index contributed by atoms with van der Waals surface area (Å²) < 4.78 is 136. The molecule has 0 fully saturated rings. The largest absolute Gasteiger partial charge is 0.460 e. The lowest BCUT2D eigenvalue weighted by atomic mass is 10.0. The summed E-state index contributed by atoms with van der Waals surface area (Å²) in [4.78, 5) is 12.8. The Kier molecular flexibility index (Phi) is 3.02. The molecule has 1 aliphatic heterocycles. The minimum atomic E-state index is -5.72. The lowest BCUT2D eigenvalue weighted by molar-refractivity contribution is -0.137. The summed E-state index contributed by atoms with van der Waals surface area (Å²) in [6.07, 6.45) is -7.62. The van der Waals surface area contributed by atoms with Crippen molar-refractivity contribution in [2.24, 2.45) is 5.73 Å². The van der Waals surface area contributed by atoms with Crippen LogP contribution in [0.3, 0.4) is 0 Å². The van der Waals surface area contributed by atoms with Gasteiger partial charge in [-0.05, 0) is 17.7 Å². The Morgan fingerprint density at radius 2 is 1.82 bits per heavy atom. The smallest absolute Gasteiger partial charge is 0.416 e. The number of hydrogen-bond acceptors (Lipinski definition) is 6. The minimum absolute atomic E-state index is 0.493. The molecule has 6 nitrogen and oxygen atoms in total. The molecule has 3 rings (SSSR count). The third kappa shape index (κ3) is 4.28. The number of nitrogens with two attached hydrogens (primary N) is 1. The number of benzene rings is 2. The molecule has 0 saturated carbocycles. The van der Waals surface area contributed by atoms with Crippen LogP contribution in [0.2, 0.25) is 0 Å². The van der Waals surface area contributed by atoms with Crippen LogP contribution in [0, 0.1) is 0 Å². The van der Waals surface area contributed by atoms with Crippen LogP contribution >= 0.6 is 0 Å². The predicted molar refractivity (Wildman–Crippen MR) is 91.6 cm³/mol. The van der Waals surface area contributed by atoms with Crippen LogP contribution in [0.25, 0.3) is 0 Å². The number of ketones is 1. The first kappa shape index (κ1) is 11.7. The maximum absolute atomic E-state index is 12.8. The lowest BCUT2D eigenvalue weighted by Gasteiger charge is -2.12. The fraction of sp³-hybridized carbons (Fsp3) is 0.167. The van der Waals surface area contributed by atoms with Gasteiger partial charge in [0.15, 0.2) is 6.08 Å². The fourth-order valence-electron chi connectivity index (χ4n) is 2.05. The second kappa shape index (κ2) is 7.19. The first-order valence-electron chi connectivity index (χ1n) is 11.2. The van der Waals surface area contributed by atoms with E-state index in [1.165, 1.54) is 0 Å². The van der Waals surface area contributed by atoms with E-state index in [4.69, 9.17) is 21.4 Å². The number of carbonyl (C=O) groups is 1. The molecule has 1 aliphatic rings. The zero-order chi connectivity index (χ0) is 27.6. The topological polar surface area (TPSA) is 95.7 Å². The van der Waals surface area contributed by atoms with E-state index in [0.29, 0.717) is 24.3 Å². The molecule has 0 unspecified atom stereocenters. The number of halogens is 3. The molecule has 2 N–H and O–H groups in total. The molecule has 2 aromatic carbocycles. The third-order valence-corrected chi connectivity index (χ3v) is 4.08. The number of hydrogen-bond donors (Lipinski definition) is 1. The number of rotatable bonds is 5. The van der Waals surface area contributed by atoms with E-state index >= 15 is 0 Å². The van der Waals surface area contributed by atoms with Gasteiger partial charge in [0, 0.05) is 5.56 Å². The summed E-state index contributed by atoms with van der Waals surface area (Å²) in [6, 6.07) is -2.93. The van der Waals surface area contributed by atoms with E-state index in [1.807, 2.05) is 0 Å². The van der Waals surface area contributed by atoms with Crippen LogP contribution in [0.15, 0.2) is 66.1 Å². The molecular weight excluding hydrogens is 399 g/mol. The molecule has 1 heterocycles. The Bertz CT molecular complexity index is 1380. The summed E-state index contributed by atoms with van der Waals surface area (Å²) in [5.74, 6) is -4.11. The number of carbonyl (C=O) groups excluding carboxylic acids is 1. The van der Waals surface area contributed by atoms with Crippen molar-refractivity contribution in [1.82, 2.24) is 0 Å². The van der Waals surface area contributed by atoms with Crippen molar-refractivity contribution in [3.8, 4) is 0 Å². The van der Waals surface area contributed by atoms with Gasteiger partial charge in [-0.15, -0.1) is 0 Å². The zero-order valence-corrected chi connectivity index (χ0v) is 14.3. The molecule has 28 heavy (non-hydrogen) atoms. The molecule has 0 aromatic heterocycles. The monoisotopic (exact) mass is 421 g/mol. The Balaban J connectivity index is 2.00. The Labute approximate surface area is 169 Å². The normalized spacial score (nSPS) is 24.8. The highest BCUT2D eigenvalue weighted by Gasteiger charge is 2.40. The molecular formula is C18H14F3NO5S. The van der Waals surface area contributed by atoms with E-state index in [-0.39, 0.29) is 0 Å². The summed E-state index contributed by atoms with van der Waals surface area (Å²) in [5, 5.41) is 0. The van der Waals surface area contributed by atoms with Gasteiger partial charge in [-0.25, -0.2) is 0 Å². The molecule has 0 saturated heterocycles. The quantitative estimate of drug-likeness (QED) is 0.746. The molecule has 0 amide bonds. The predicted octanol–water partition coefficient (Wildman–Crippen LogP) is 3.02. The fourth-order valence-corrected chi connectivity index (χ4v) is 2.82. The van der Waals surface area contributed by atoms with Crippen molar-refractivity contribution in [3.63, 3.8) is 0 Å². The molecule has 0 bridgehead atoms. The van der Waals surface area contributed by atoms with Gasteiger partial charge in [-0.2, -0.15) is 21.6 Å². The van der Waals surface area contributed by atoms with E-state index in [1.54, 1.807) is 0 Å². The molecule has 2 aromatic rings. The summed E-state index contributed by atoms with van der Waals surface area (Å²) in [6.45, 7) is 0. The highest BCUT2D eigenvalue weighted by molar-refractivity contribution is 7.86. The number of Topliss-reactive ketones (excluding diaryl/α,β-unsaturated/α-hetero) is 1. The second-order valence-corrected chi connectivity index (χ2v) is 6.45. The average Bonchev–Trinajstić information content (AvgIpc) is 2.99. The highest BCUT2D eigenvalue weighted by atomic mass is 32.2. The van der Waals surface area contributed by atoms with Gasteiger partial charge >= 0.3 is 16.3 Å². The first-order valence-corrected chi connectivity index (χ1v) is 8.61. The number of ether oxygens (including phenoxy) is 1. The Morgan fingerprint density at radius 3 is 2.39 bits per heavy atom. The van der Waals surface area contributed by atoms with Crippen molar-refractivity contribution >= 4 is 15.9 Å². The summed E-state index contributed by atoms with van der Waals surface area (Å²) in [7, 11) is -5.72. The van der Waals surface area contributed by atoms with Crippen LogP contribution in [0.1, 0.15) is 33.7 Å². The van der Waals surface area contributed by atoms with Crippen LogP contribution in [-0.2, 0) is 35.7 Å². The van der Waals surface area contributed by atoms with Crippen LogP contribution < -0.4 is 5.73 Å². The maximum atomic E-state index is 12.8. The average molecular weight is 421 g/mol. The lowest BCUT2D eigenvalue weighted by Crippen LogP contribution is -2.16. The molecule has 0 spiro atoms. The van der Waals surface area contributed by atoms with Gasteiger partial charge < -0.3 is 14.7 Å². The first-order chi connectivity index (χ1) is 16.3. The molecule has 148 valence electrons. The summed E-state index contributed by atoms with van der Waals surface area (Å²) in [5.41, 5.74) is -1.30. The van der Waals surface area contributed by atoms with Crippen molar-refractivity contribution in [2.75, 3.05) is 0 Å². The zero-order valence-electron chi connectivity index (χ0n) is 21.5. The van der Waals surface area contributed by atoms with Crippen molar-refractivity contribution in [2.45, 2.75) is 18.0 Å². The standard InChI is InChI=1S/C18H14F3NO5S/c19-18(20,21)13-8-6-12(7-9-13)15-14(23)16(17(22)26-15)27-28(24,25)10-11-4-2-1-3-5-11/h1-9,15H,10,22H2/t15-/m0/s1/i1D,2D,3D,4D,5D,10D2,15D.